The van der Waals surface area contributed by atoms with Gasteiger partial charge in [0.25, 0.3) is 5.56 Å². The van der Waals surface area contributed by atoms with Crippen molar-refractivity contribution in [2.24, 2.45) is 0 Å². The summed E-state index contributed by atoms with van der Waals surface area (Å²) >= 11 is 7.42. The molecule has 7 heteroatoms. The Kier molecular flexibility index (Phi) is 5.11. The van der Waals surface area contributed by atoms with Crippen molar-refractivity contribution in [3.63, 3.8) is 0 Å². The Labute approximate surface area is 155 Å². The molecule has 132 valence electrons. The number of anilines is 1. The number of benzene rings is 1. The fourth-order valence-corrected chi connectivity index (χ4v) is 3.83. The molecule has 0 unspecified atom stereocenters. The van der Waals surface area contributed by atoms with Gasteiger partial charge in [-0.3, -0.25) is 4.79 Å². The first-order valence-electron chi connectivity index (χ1n) is 8.28. The average molecular weight is 377 g/mol. The zero-order valence-corrected chi connectivity index (χ0v) is 16.3. The van der Waals surface area contributed by atoms with Crippen LogP contribution in [0.5, 0.6) is 0 Å². The molecule has 0 aliphatic rings. The predicted octanol–water partition coefficient (Wildman–Crippen LogP) is 4.00. The van der Waals surface area contributed by atoms with Gasteiger partial charge in [0.2, 0.25) is 10.1 Å². The molecule has 0 amide bonds. The number of hydrogen-bond acceptors (Lipinski definition) is 5. The molecule has 0 bridgehead atoms. The molecular formula is C18H21ClN4OS. The van der Waals surface area contributed by atoms with Crippen molar-refractivity contribution in [3.8, 4) is 0 Å². The summed E-state index contributed by atoms with van der Waals surface area (Å²) in [5, 5.41) is 5.98. The highest BCUT2D eigenvalue weighted by Crippen LogP contribution is 2.29. The van der Waals surface area contributed by atoms with E-state index in [2.05, 4.69) is 41.0 Å². The van der Waals surface area contributed by atoms with E-state index in [0.29, 0.717) is 4.96 Å². The lowest BCUT2D eigenvalue weighted by Crippen LogP contribution is -2.33. The van der Waals surface area contributed by atoms with Crippen molar-refractivity contribution in [2.45, 2.75) is 39.2 Å². The summed E-state index contributed by atoms with van der Waals surface area (Å²) in [6, 6.07) is 9.67. The Balaban J connectivity index is 1.90. The molecule has 3 aromatic rings. The Bertz CT molecular complexity index is 934. The minimum absolute atomic E-state index is 0.129. The largest absolute Gasteiger partial charge is 0.346 e. The molecule has 25 heavy (non-hydrogen) atoms. The molecule has 0 N–H and O–H groups in total. The van der Waals surface area contributed by atoms with Gasteiger partial charge in [0.1, 0.15) is 0 Å². The fraction of sp³-hybridized carbons (Fsp3) is 0.389. The standard InChI is InChI=1S/C18H21ClN4OS/c1-5-15-10-16(24)23-17(20-15)25-18(21-23)22(4)12(3)11(2)13-6-8-14(19)9-7-13/h6-12H,5H2,1-4H3/t11-,12+/m0/s1. The first-order valence-corrected chi connectivity index (χ1v) is 9.48. The molecule has 0 radical (unpaired) electrons. The van der Waals surface area contributed by atoms with Gasteiger partial charge in [-0.1, -0.05) is 48.9 Å². The van der Waals surface area contributed by atoms with E-state index in [1.54, 1.807) is 6.07 Å². The molecule has 2 heterocycles. The van der Waals surface area contributed by atoms with E-state index in [-0.39, 0.29) is 17.5 Å². The van der Waals surface area contributed by atoms with E-state index in [9.17, 15) is 4.79 Å². The van der Waals surface area contributed by atoms with E-state index < -0.39 is 0 Å². The summed E-state index contributed by atoms with van der Waals surface area (Å²) < 4.78 is 1.38. The van der Waals surface area contributed by atoms with Crippen molar-refractivity contribution < 1.29 is 0 Å². The fourth-order valence-electron chi connectivity index (χ4n) is 2.72. The zero-order valence-electron chi connectivity index (χ0n) is 14.7. The third kappa shape index (κ3) is 3.55. The van der Waals surface area contributed by atoms with Gasteiger partial charge in [-0.15, -0.1) is 5.10 Å². The number of aryl methyl sites for hydroxylation is 1. The zero-order chi connectivity index (χ0) is 18.1. The van der Waals surface area contributed by atoms with E-state index in [1.165, 1.54) is 21.4 Å². The summed E-state index contributed by atoms with van der Waals surface area (Å²) in [5.41, 5.74) is 1.88. The van der Waals surface area contributed by atoms with E-state index in [1.807, 2.05) is 26.1 Å². The normalized spacial score (nSPS) is 13.8. The van der Waals surface area contributed by atoms with Crippen LogP contribution in [0.25, 0.3) is 4.96 Å². The quantitative estimate of drug-likeness (QED) is 0.675. The van der Waals surface area contributed by atoms with Crippen molar-refractivity contribution >= 4 is 33.0 Å². The van der Waals surface area contributed by atoms with Crippen LogP contribution in [-0.4, -0.2) is 27.7 Å². The second-order valence-electron chi connectivity index (χ2n) is 6.21. The average Bonchev–Trinajstić information content (AvgIpc) is 3.05. The number of hydrogen-bond donors (Lipinski definition) is 0. The van der Waals surface area contributed by atoms with Gasteiger partial charge in [-0.25, -0.2) is 4.98 Å². The molecule has 0 saturated heterocycles. The maximum Gasteiger partial charge on any atom is 0.275 e. The second kappa shape index (κ2) is 7.14. The van der Waals surface area contributed by atoms with E-state index >= 15 is 0 Å². The molecular weight excluding hydrogens is 356 g/mol. The molecule has 2 atom stereocenters. The number of aromatic nitrogens is 3. The molecule has 0 aliphatic carbocycles. The topological polar surface area (TPSA) is 50.5 Å². The summed E-state index contributed by atoms with van der Waals surface area (Å²) in [4.78, 5) is 19.4. The Morgan fingerprint density at radius 3 is 2.60 bits per heavy atom. The Hall–Kier alpha value is -1.92. The highest BCUT2D eigenvalue weighted by Gasteiger charge is 2.22. The lowest BCUT2D eigenvalue weighted by Gasteiger charge is -2.29. The number of halogens is 1. The van der Waals surface area contributed by atoms with Crippen LogP contribution in [0, 0.1) is 0 Å². The Morgan fingerprint density at radius 2 is 1.96 bits per heavy atom. The smallest absolute Gasteiger partial charge is 0.275 e. The van der Waals surface area contributed by atoms with Crippen LogP contribution in [0.3, 0.4) is 0 Å². The summed E-state index contributed by atoms with van der Waals surface area (Å²) in [7, 11) is 2.00. The van der Waals surface area contributed by atoms with Crippen molar-refractivity contribution in [2.75, 3.05) is 11.9 Å². The van der Waals surface area contributed by atoms with Crippen LogP contribution in [0.1, 0.15) is 37.9 Å². The maximum atomic E-state index is 12.2. The minimum atomic E-state index is -0.129. The number of likely N-dealkylation sites (N-methyl/N-ethyl adjacent to an activating group) is 1. The predicted molar refractivity (Wildman–Crippen MR) is 104 cm³/mol. The molecule has 1 aromatic carbocycles. The number of rotatable bonds is 5. The molecule has 5 nitrogen and oxygen atoms in total. The second-order valence-corrected chi connectivity index (χ2v) is 7.58. The van der Waals surface area contributed by atoms with Crippen molar-refractivity contribution in [3.05, 3.63) is 57.0 Å². The summed E-state index contributed by atoms with van der Waals surface area (Å²) in [6.07, 6.45) is 0.735. The number of fused-ring (bicyclic) bond motifs is 1. The monoisotopic (exact) mass is 376 g/mol. The van der Waals surface area contributed by atoms with Crippen LogP contribution in [0.15, 0.2) is 35.1 Å². The van der Waals surface area contributed by atoms with Gasteiger partial charge in [0.05, 0.1) is 0 Å². The molecule has 2 aromatic heterocycles. The summed E-state index contributed by atoms with van der Waals surface area (Å²) in [5.74, 6) is 0.283. The van der Waals surface area contributed by atoms with Gasteiger partial charge in [-0.2, -0.15) is 4.52 Å². The lowest BCUT2D eigenvalue weighted by atomic mass is 9.94. The molecule has 0 saturated carbocycles. The van der Waals surface area contributed by atoms with Crippen LogP contribution >= 0.6 is 22.9 Å². The molecule has 0 aliphatic heterocycles. The van der Waals surface area contributed by atoms with Gasteiger partial charge >= 0.3 is 0 Å². The Morgan fingerprint density at radius 1 is 1.28 bits per heavy atom. The minimum Gasteiger partial charge on any atom is -0.346 e. The SMILES string of the molecule is CCc1cc(=O)n2nc(N(C)[C@H](C)[C@H](C)c3ccc(Cl)cc3)sc2n1. The molecule has 0 spiro atoms. The van der Waals surface area contributed by atoms with Gasteiger partial charge in [-0.05, 0) is 31.0 Å². The van der Waals surface area contributed by atoms with Crippen LogP contribution < -0.4 is 10.5 Å². The third-order valence-electron chi connectivity index (χ3n) is 4.68. The maximum absolute atomic E-state index is 12.2. The van der Waals surface area contributed by atoms with Gasteiger partial charge in [0, 0.05) is 35.8 Å². The first kappa shape index (κ1) is 17.9. The van der Waals surface area contributed by atoms with Gasteiger partial charge in [0.15, 0.2) is 0 Å². The van der Waals surface area contributed by atoms with Crippen molar-refractivity contribution in [1.29, 1.82) is 0 Å². The summed E-state index contributed by atoms with van der Waals surface area (Å²) in [6.45, 7) is 6.32. The first-order chi connectivity index (χ1) is 11.9. The van der Waals surface area contributed by atoms with E-state index in [0.717, 1.165) is 22.3 Å². The third-order valence-corrected chi connectivity index (χ3v) is 5.93. The van der Waals surface area contributed by atoms with Crippen molar-refractivity contribution in [1.82, 2.24) is 14.6 Å². The van der Waals surface area contributed by atoms with Gasteiger partial charge < -0.3 is 4.90 Å². The lowest BCUT2D eigenvalue weighted by molar-refractivity contribution is 0.576. The molecule has 0 fully saturated rings. The van der Waals surface area contributed by atoms with Crippen LogP contribution in [0.4, 0.5) is 5.13 Å². The van der Waals surface area contributed by atoms with Crippen LogP contribution in [-0.2, 0) is 6.42 Å². The highest BCUT2D eigenvalue weighted by molar-refractivity contribution is 7.20. The molecule has 3 rings (SSSR count). The van der Waals surface area contributed by atoms with E-state index in [4.69, 9.17) is 11.6 Å². The highest BCUT2D eigenvalue weighted by atomic mass is 35.5. The van der Waals surface area contributed by atoms with Crippen LogP contribution in [0.2, 0.25) is 5.02 Å². The number of nitrogens with zero attached hydrogens (tertiary/aromatic N) is 4.